The van der Waals surface area contributed by atoms with E-state index in [0.717, 1.165) is 58.4 Å². The summed E-state index contributed by atoms with van der Waals surface area (Å²) < 4.78 is 0. The molecule has 6 heteroatoms. The highest BCUT2D eigenvalue weighted by molar-refractivity contribution is 5.79. The molecule has 1 aromatic heterocycles. The summed E-state index contributed by atoms with van der Waals surface area (Å²) in [5.41, 5.74) is 1.26. The van der Waals surface area contributed by atoms with E-state index in [1.165, 1.54) is 24.8 Å². The van der Waals surface area contributed by atoms with E-state index in [9.17, 15) is 9.90 Å². The van der Waals surface area contributed by atoms with Crippen LogP contribution < -0.4 is 0 Å². The van der Waals surface area contributed by atoms with Gasteiger partial charge in [0.2, 0.25) is 5.91 Å². The first-order chi connectivity index (χ1) is 14.6. The van der Waals surface area contributed by atoms with Gasteiger partial charge < -0.3 is 10.0 Å². The summed E-state index contributed by atoms with van der Waals surface area (Å²) >= 11 is 0. The highest BCUT2D eigenvalue weighted by Gasteiger charge is 2.40. The monoisotopic (exact) mass is 414 g/mol. The van der Waals surface area contributed by atoms with Crippen LogP contribution in [0, 0.1) is 11.3 Å². The number of likely N-dealkylation sites (tertiary alicyclic amines) is 2. The maximum absolute atomic E-state index is 13.1. The van der Waals surface area contributed by atoms with Gasteiger partial charge in [0.25, 0.3) is 0 Å². The van der Waals surface area contributed by atoms with E-state index in [4.69, 9.17) is 0 Å². The highest BCUT2D eigenvalue weighted by Crippen LogP contribution is 2.41. The zero-order valence-electron chi connectivity index (χ0n) is 18.5. The number of nitrogens with zero attached hydrogens (tertiary/aromatic N) is 4. The predicted molar refractivity (Wildman–Crippen MR) is 118 cm³/mol. The number of amides is 1. The van der Waals surface area contributed by atoms with Crippen molar-refractivity contribution in [2.75, 3.05) is 46.4 Å². The summed E-state index contributed by atoms with van der Waals surface area (Å²) in [4.78, 5) is 24.4. The molecule has 1 N–H and O–H groups in total. The molecule has 0 radical (unpaired) electrons. The summed E-state index contributed by atoms with van der Waals surface area (Å²) in [6, 6.07) is 4.77. The molecule has 30 heavy (non-hydrogen) atoms. The van der Waals surface area contributed by atoms with Crippen LogP contribution in [0.4, 0.5) is 0 Å². The van der Waals surface area contributed by atoms with Crippen molar-refractivity contribution < 1.29 is 9.90 Å². The molecule has 4 rings (SSSR count). The molecule has 2 aliphatic heterocycles. The van der Waals surface area contributed by atoms with Gasteiger partial charge in [-0.15, -0.1) is 0 Å². The minimum atomic E-state index is -0.0279. The number of aliphatic hydroxyl groups is 1. The topological polar surface area (TPSA) is 59.9 Å². The number of pyridine rings is 1. The summed E-state index contributed by atoms with van der Waals surface area (Å²) in [6.07, 6.45) is 11.6. The molecule has 1 atom stereocenters. The second-order valence-corrected chi connectivity index (χ2v) is 9.91. The molecule has 3 heterocycles. The third-order valence-corrected chi connectivity index (χ3v) is 7.70. The number of piperidine rings is 2. The van der Waals surface area contributed by atoms with Crippen molar-refractivity contribution in [1.82, 2.24) is 19.7 Å². The standard InChI is InChI=1S/C24H38N4O2/c1-26(18-24(19-29)9-4-10-24)23(30)21-6-3-12-28(17-21)22-7-13-27(14-8-22)16-20-5-2-11-25-15-20/h2,5,11,15,21-22,29H,3-4,6-10,12-14,16-19H2,1H3/t21-/m0/s1. The lowest BCUT2D eigenvalue weighted by molar-refractivity contribution is -0.139. The molecule has 6 nitrogen and oxygen atoms in total. The van der Waals surface area contributed by atoms with Crippen molar-refractivity contribution >= 4 is 5.91 Å². The molecular weight excluding hydrogens is 376 g/mol. The van der Waals surface area contributed by atoms with Gasteiger partial charge >= 0.3 is 0 Å². The molecule has 1 saturated carbocycles. The van der Waals surface area contributed by atoms with E-state index in [1.807, 2.05) is 30.4 Å². The van der Waals surface area contributed by atoms with E-state index in [0.29, 0.717) is 12.6 Å². The number of carbonyl (C=O) groups excluding carboxylic acids is 1. The van der Waals surface area contributed by atoms with Crippen LogP contribution in [0.1, 0.15) is 50.5 Å². The quantitative estimate of drug-likeness (QED) is 0.742. The van der Waals surface area contributed by atoms with Crippen molar-refractivity contribution in [1.29, 1.82) is 0 Å². The van der Waals surface area contributed by atoms with Crippen LogP contribution in [0.15, 0.2) is 24.5 Å². The lowest BCUT2D eigenvalue weighted by Gasteiger charge is -2.45. The van der Waals surface area contributed by atoms with Gasteiger partial charge in [-0.25, -0.2) is 0 Å². The fourth-order valence-corrected chi connectivity index (χ4v) is 5.67. The molecule has 1 aliphatic carbocycles. The Bertz CT molecular complexity index is 680. The number of hydrogen-bond donors (Lipinski definition) is 1. The van der Waals surface area contributed by atoms with Gasteiger partial charge in [0.15, 0.2) is 0 Å². The maximum Gasteiger partial charge on any atom is 0.226 e. The Hall–Kier alpha value is -1.50. The van der Waals surface area contributed by atoms with E-state index in [2.05, 4.69) is 20.9 Å². The van der Waals surface area contributed by atoms with Crippen LogP contribution in [0.3, 0.4) is 0 Å². The smallest absolute Gasteiger partial charge is 0.226 e. The lowest BCUT2D eigenvalue weighted by atomic mass is 9.69. The van der Waals surface area contributed by atoms with Gasteiger partial charge in [-0.3, -0.25) is 19.6 Å². The highest BCUT2D eigenvalue weighted by atomic mass is 16.3. The molecule has 0 bridgehead atoms. The van der Waals surface area contributed by atoms with E-state index >= 15 is 0 Å². The predicted octanol–water partition coefficient (Wildman–Crippen LogP) is 2.38. The molecular formula is C24H38N4O2. The second-order valence-electron chi connectivity index (χ2n) is 9.91. The van der Waals surface area contributed by atoms with Crippen molar-refractivity contribution in [3.05, 3.63) is 30.1 Å². The van der Waals surface area contributed by atoms with Crippen molar-refractivity contribution in [3.63, 3.8) is 0 Å². The van der Waals surface area contributed by atoms with E-state index in [-0.39, 0.29) is 23.8 Å². The third-order valence-electron chi connectivity index (χ3n) is 7.70. The molecule has 0 unspecified atom stereocenters. The lowest BCUT2D eigenvalue weighted by Crippen LogP contribution is -2.52. The second kappa shape index (κ2) is 9.75. The van der Waals surface area contributed by atoms with Gasteiger partial charge in [0.1, 0.15) is 0 Å². The Morgan fingerprint density at radius 3 is 2.67 bits per heavy atom. The third kappa shape index (κ3) is 5.04. The first-order valence-corrected chi connectivity index (χ1v) is 11.8. The maximum atomic E-state index is 13.1. The zero-order valence-corrected chi connectivity index (χ0v) is 18.5. The zero-order chi connectivity index (χ0) is 21.0. The Morgan fingerprint density at radius 1 is 1.23 bits per heavy atom. The van der Waals surface area contributed by atoms with Crippen LogP contribution >= 0.6 is 0 Å². The number of aromatic nitrogens is 1. The van der Waals surface area contributed by atoms with Crippen molar-refractivity contribution in [2.24, 2.45) is 11.3 Å². The normalized spacial score (nSPS) is 25.6. The fraction of sp³-hybridized carbons (Fsp3) is 0.750. The molecule has 0 aromatic carbocycles. The number of carbonyl (C=O) groups is 1. The number of aliphatic hydroxyl groups excluding tert-OH is 1. The van der Waals surface area contributed by atoms with Gasteiger partial charge in [-0.05, 0) is 69.8 Å². The summed E-state index contributed by atoms with van der Waals surface area (Å²) in [5.74, 6) is 0.404. The molecule has 0 spiro atoms. The van der Waals surface area contributed by atoms with Crippen LogP contribution in [0.25, 0.3) is 0 Å². The average molecular weight is 415 g/mol. The van der Waals surface area contributed by atoms with Crippen LogP contribution in [-0.4, -0.2) is 83.1 Å². The SMILES string of the molecule is CN(CC1(CO)CCC1)C(=O)[C@H]1CCCN(C2CCN(Cc3cccnc3)CC2)C1. The van der Waals surface area contributed by atoms with Gasteiger partial charge in [0.05, 0.1) is 12.5 Å². The fourth-order valence-electron chi connectivity index (χ4n) is 5.67. The summed E-state index contributed by atoms with van der Waals surface area (Å²) in [7, 11) is 1.94. The first-order valence-electron chi connectivity index (χ1n) is 11.8. The van der Waals surface area contributed by atoms with E-state index < -0.39 is 0 Å². The minimum absolute atomic E-state index is 0.0279. The van der Waals surface area contributed by atoms with Gasteiger partial charge in [-0.2, -0.15) is 0 Å². The molecule has 2 saturated heterocycles. The number of rotatable bonds is 7. The Kier molecular flexibility index (Phi) is 7.06. The Morgan fingerprint density at radius 2 is 2.03 bits per heavy atom. The molecule has 1 amide bonds. The molecule has 3 fully saturated rings. The van der Waals surface area contributed by atoms with Crippen LogP contribution in [0.2, 0.25) is 0 Å². The summed E-state index contributed by atoms with van der Waals surface area (Å²) in [6.45, 7) is 6.18. The summed E-state index contributed by atoms with van der Waals surface area (Å²) in [5, 5.41) is 9.75. The van der Waals surface area contributed by atoms with Crippen molar-refractivity contribution in [3.8, 4) is 0 Å². The van der Waals surface area contributed by atoms with E-state index in [1.54, 1.807) is 0 Å². The molecule has 166 valence electrons. The van der Waals surface area contributed by atoms with Gasteiger partial charge in [0, 0.05) is 50.5 Å². The van der Waals surface area contributed by atoms with Crippen LogP contribution in [0.5, 0.6) is 0 Å². The average Bonchev–Trinajstić information content (AvgIpc) is 2.77. The largest absolute Gasteiger partial charge is 0.396 e. The Labute approximate surface area is 181 Å². The number of hydrogen-bond acceptors (Lipinski definition) is 5. The van der Waals surface area contributed by atoms with Crippen molar-refractivity contribution in [2.45, 2.75) is 57.5 Å². The Balaban J connectivity index is 1.25. The minimum Gasteiger partial charge on any atom is -0.396 e. The first kappa shape index (κ1) is 21.7. The molecule has 3 aliphatic rings. The van der Waals surface area contributed by atoms with Gasteiger partial charge in [-0.1, -0.05) is 12.5 Å². The van der Waals surface area contributed by atoms with Crippen LogP contribution in [-0.2, 0) is 11.3 Å². The molecule has 1 aromatic rings.